The van der Waals surface area contributed by atoms with E-state index < -0.39 is 0 Å². The van der Waals surface area contributed by atoms with Gasteiger partial charge in [0.05, 0.1) is 6.61 Å². The van der Waals surface area contributed by atoms with Gasteiger partial charge >= 0.3 is 0 Å². The van der Waals surface area contributed by atoms with E-state index in [0.717, 1.165) is 41.3 Å². The molecule has 0 aliphatic carbocycles. The summed E-state index contributed by atoms with van der Waals surface area (Å²) in [5.74, 6) is 0.782. The fourth-order valence-corrected chi connectivity index (χ4v) is 2.45. The van der Waals surface area contributed by atoms with Crippen LogP contribution in [0, 0.1) is 6.92 Å². The summed E-state index contributed by atoms with van der Waals surface area (Å²) in [6, 6.07) is 8.48. The number of aliphatic imine (C=N–C) groups is 1. The van der Waals surface area contributed by atoms with Gasteiger partial charge in [-0.15, -0.1) is 0 Å². The number of hydrogen-bond acceptors (Lipinski definition) is 3. The first-order valence-corrected chi connectivity index (χ1v) is 9.01. The zero-order chi connectivity index (χ0) is 19.5. The van der Waals surface area contributed by atoms with Crippen molar-refractivity contribution in [1.29, 1.82) is 0 Å². The number of allylic oxidation sites excluding steroid dienone is 3. The van der Waals surface area contributed by atoms with Crippen LogP contribution in [0.1, 0.15) is 45.2 Å². The van der Waals surface area contributed by atoms with E-state index >= 15 is 0 Å². The van der Waals surface area contributed by atoms with Crippen LogP contribution < -0.4 is 5.32 Å². The Morgan fingerprint density at radius 1 is 1.27 bits per heavy atom. The van der Waals surface area contributed by atoms with Gasteiger partial charge in [-0.25, -0.2) is 0 Å². The molecule has 0 radical (unpaired) electrons. The van der Waals surface area contributed by atoms with Crippen LogP contribution in [0.25, 0.3) is 0 Å². The fourth-order valence-electron chi connectivity index (χ4n) is 2.45. The number of aryl methyl sites for hydroxylation is 1. The molecule has 1 N–H and O–H groups in total. The molecule has 1 aromatic rings. The van der Waals surface area contributed by atoms with Crippen LogP contribution >= 0.6 is 0 Å². The first kappa shape index (κ1) is 21.5. The predicted octanol–water partition coefficient (Wildman–Crippen LogP) is 5.85. The Balaban J connectivity index is 2.63. The van der Waals surface area contributed by atoms with Gasteiger partial charge in [0.15, 0.2) is 0 Å². The molecule has 0 saturated carbocycles. The quantitative estimate of drug-likeness (QED) is 0.325. The number of nitrogens with one attached hydrogen (secondary N) is 1. The lowest BCUT2D eigenvalue weighted by Crippen LogP contribution is -2.12. The SMILES string of the molecule is C=C/C(OCC)=C(C)/C(C)=N\C=C(/C)CC(=C)NCc1cccc(C)c1. The Morgan fingerprint density at radius 3 is 2.62 bits per heavy atom. The number of hydrogen-bond donors (Lipinski definition) is 1. The normalized spacial score (nSPS) is 13.1. The van der Waals surface area contributed by atoms with E-state index in [1.165, 1.54) is 11.1 Å². The van der Waals surface area contributed by atoms with Crippen molar-refractivity contribution in [2.75, 3.05) is 6.61 Å². The zero-order valence-electron chi connectivity index (χ0n) is 16.9. The molecular weight excluding hydrogens is 320 g/mol. The third-order valence-electron chi connectivity index (χ3n) is 3.99. The van der Waals surface area contributed by atoms with Gasteiger partial charge in [-0.2, -0.15) is 0 Å². The summed E-state index contributed by atoms with van der Waals surface area (Å²) in [6.45, 7) is 19.4. The van der Waals surface area contributed by atoms with Crippen LogP contribution in [0.4, 0.5) is 0 Å². The number of nitrogens with zero attached hydrogens (tertiary/aromatic N) is 1. The lowest BCUT2D eigenvalue weighted by molar-refractivity contribution is 0.240. The Kier molecular flexibility index (Phi) is 9.21. The Bertz CT molecular complexity index is 723. The molecule has 0 spiro atoms. The minimum Gasteiger partial charge on any atom is -0.494 e. The summed E-state index contributed by atoms with van der Waals surface area (Å²) in [6.07, 6.45) is 4.39. The van der Waals surface area contributed by atoms with Crippen LogP contribution in [0.2, 0.25) is 0 Å². The van der Waals surface area contributed by atoms with E-state index in [4.69, 9.17) is 4.74 Å². The second-order valence-electron chi connectivity index (χ2n) is 6.44. The third-order valence-corrected chi connectivity index (χ3v) is 3.99. The second kappa shape index (κ2) is 11.1. The van der Waals surface area contributed by atoms with E-state index in [2.05, 4.69) is 61.6 Å². The van der Waals surface area contributed by atoms with E-state index in [1.54, 1.807) is 6.08 Å². The van der Waals surface area contributed by atoms with Crippen LogP contribution in [-0.2, 0) is 11.3 Å². The van der Waals surface area contributed by atoms with Gasteiger partial charge in [0.1, 0.15) is 5.76 Å². The monoisotopic (exact) mass is 352 g/mol. The molecule has 0 atom stereocenters. The molecule has 0 aliphatic heterocycles. The molecule has 0 fully saturated rings. The minimum atomic E-state index is 0.618. The van der Waals surface area contributed by atoms with Crippen molar-refractivity contribution in [2.45, 2.75) is 47.6 Å². The topological polar surface area (TPSA) is 33.6 Å². The van der Waals surface area contributed by atoms with Crippen molar-refractivity contribution in [3.8, 4) is 0 Å². The Morgan fingerprint density at radius 2 is 2.00 bits per heavy atom. The molecule has 26 heavy (non-hydrogen) atoms. The highest BCUT2D eigenvalue weighted by Crippen LogP contribution is 2.12. The van der Waals surface area contributed by atoms with Gasteiger partial charge in [-0.3, -0.25) is 4.99 Å². The van der Waals surface area contributed by atoms with Gasteiger partial charge in [-0.1, -0.05) is 43.0 Å². The van der Waals surface area contributed by atoms with Crippen LogP contribution in [0.3, 0.4) is 0 Å². The Labute approximate surface area is 158 Å². The van der Waals surface area contributed by atoms with E-state index in [0.29, 0.717) is 6.61 Å². The maximum Gasteiger partial charge on any atom is 0.123 e. The molecule has 0 amide bonds. The highest BCUT2D eigenvalue weighted by Gasteiger charge is 2.03. The second-order valence-corrected chi connectivity index (χ2v) is 6.44. The van der Waals surface area contributed by atoms with Crippen LogP contribution in [-0.4, -0.2) is 12.3 Å². The maximum absolute atomic E-state index is 5.56. The van der Waals surface area contributed by atoms with Crippen LogP contribution in [0.15, 0.2) is 77.3 Å². The molecule has 3 heteroatoms. The van der Waals surface area contributed by atoms with E-state index in [1.807, 2.05) is 27.0 Å². The highest BCUT2D eigenvalue weighted by molar-refractivity contribution is 5.98. The Hall–Kier alpha value is -2.55. The standard InChI is InChI=1S/C23H32N2O/c1-8-23(26-9-2)20(6)21(7)25-15-18(4)13-19(5)24-16-22-12-10-11-17(3)14-22/h8,10-12,14-15,24H,1,5,9,13,16H2,2-4,6-7H3/b18-15+,23-20-,25-21-. The van der Waals surface area contributed by atoms with Gasteiger partial charge in [0.25, 0.3) is 0 Å². The number of rotatable bonds is 10. The summed E-state index contributed by atoms with van der Waals surface area (Å²) in [5.41, 5.74) is 6.59. The molecule has 0 aromatic heterocycles. The molecule has 140 valence electrons. The summed E-state index contributed by atoms with van der Waals surface area (Å²) in [7, 11) is 0. The molecular formula is C23H32N2O. The first-order valence-electron chi connectivity index (χ1n) is 9.01. The lowest BCUT2D eigenvalue weighted by Gasteiger charge is -2.11. The van der Waals surface area contributed by atoms with Gasteiger partial charge < -0.3 is 10.1 Å². The zero-order valence-corrected chi connectivity index (χ0v) is 16.9. The van der Waals surface area contributed by atoms with E-state index in [-0.39, 0.29) is 0 Å². The van der Waals surface area contributed by atoms with Crippen molar-refractivity contribution in [3.63, 3.8) is 0 Å². The molecule has 0 saturated heterocycles. The van der Waals surface area contributed by atoms with Gasteiger partial charge in [0, 0.05) is 36.1 Å². The largest absolute Gasteiger partial charge is 0.494 e. The van der Waals surface area contributed by atoms with Gasteiger partial charge in [-0.05, 0) is 51.8 Å². The minimum absolute atomic E-state index is 0.618. The molecule has 3 nitrogen and oxygen atoms in total. The van der Waals surface area contributed by atoms with E-state index in [9.17, 15) is 0 Å². The van der Waals surface area contributed by atoms with Crippen molar-refractivity contribution < 1.29 is 4.74 Å². The molecule has 0 aliphatic rings. The van der Waals surface area contributed by atoms with Crippen LogP contribution in [0.5, 0.6) is 0 Å². The molecule has 0 heterocycles. The first-order chi connectivity index (χ1) is 12.4. The summed E-state index contributed by atoms with van der Waals surface area (Å²) in [5, 5.41) is 3.39. The lowest BCUT2D eigenvalue weighted by atomic mass is 10.1. The summed E-state index contributed by atoms with van der Waals surface area (Å²) in [4.78, 5) is 4.56. The van der Waals surface area contributed by atoms with Crippen molar-refractivity contribution in [2.24, 2.45) is 4.99 Å². The van der Waals surface area contributed by atoms with Crippen molar-refractivity contribution >= 4 is 5.71 Å². The summed E-state index contributed by atoms with van der Waals surface area (Å²) < 4.78 is 5.56. The average molecular weight is 353 g/mol. The fraction of sp³-hybridized carbons (Fsp3) is 0.348. The highest BCUT2D eigenvalue weighted by atomic mass is 16.5. The maximum atomic E-state index is 5.56. The number of ether oxygens (including phenoxy) is 1. The molecule has 0 bridgehead atoms. The number of benzene rings is 1. The summed E-state index contributed by atoms with van der Waals surface area (Å²) >= 11 is 0. The smallest absolute Gasteiger partial charge is 0.123 e. The molecule has 0 unspecified atom stereocenters. The molecule has 1 rings (SSSR count). The van der Waals surface area contributed by atoms with Gasteiger partial charge in [0.2, 0.25) is 0 Å². The van der Waals surface area contributed by atoms with Crippen molar-refractivity contribution in [1.82, 2.24) is 5.32 Å². The predicted molar refractivity (Wildman–Crippen MR) is 113 cm³/mol. The third kappa shape index (κ3) is 7.56. The average Bonchev–Trinajstić information content (AvgIpc) is 2.62. The van der Waals surface area contributed by atoms with Crippen molar-refractivity contribution in [3.05, 3.63) is 83.4 Å². The molecule has 1 aromatic carbocycles.